The van der Waals surface area contributed by atoms with Crippen LogP contribution < -0.4 is 0 Å². The molecule has 0 aliphatic carbocycles. The molecule has 1 heterocycles. The van der Waals surface area contributed by atoms with Gasteiger partial charge in [0.15, 0.2) is 0 Å². The third kappa shape index (κ3) is 3.02. The summed E-state index contributed by atoms with van der Waals surface area (Å²) >= 11 is 9.67. The Kier molecular flexibility index (Phi) is 5.10. The maximum atomic E-state index is 11.8. The molecule has 1 atom stereocenters. The first-order chi connectivity index (χ1) is 9.49. The van der Waals surface area contributed by atoms with Gasteiger partial charge < -0.3 is 5.11 Å². The first kappa shape index (κ1) is 15.8. The van der Waals surface area contributed by atoms with Crippen LogP contribution in [-0.2, 0) is 11.3 Å². The number of carboxylic acid groups (broad SMARTS) is 1. The van der Waals surface area contributed by atoms with Crippen LogP contribution in [0.3, 0.4) is 0 Å². The molecule has 1 aromatic rings. The molecule has 2 rings (SSSR count). The molecule has 110 valence electrons. The van der Waals surface area contributed by atoms with Crippen molar-refractivity contribution in [1.29, 1.82) is 0 Å². The van der Waals surface area contributed by atoms with Crippen molar-refractivity contribution in [1.82, 2.24) is 4.90 Å². The number of halogens is 2. The Morgan fingerprint density at radius 3 is 2.95 bits per heavy atom. The molecule has 0 saturated carbocycles. The first-order valence-electron chi connectivity index (χ1n) is 6.92. The van der Waals surface area contributed by atoms with Gasteiger partial charge in [0, 0.05) is 16.0 Å². The number of hydrogen-bond acceptors (Lipinski definition) is 2. The van der Waals surface area contributed by atoms with Crippen molar-refractivity contribution < 1.29 is 9.90 Å². The molecule has 1 N–H and O–H groups in total. The van der Waals surface area contributed by atoms with Crippen molar-refractivity contribution in [2.24, 2.45) is 0 Å². The van der Waals surface area contributed by atoms with Crippen molar-refractivity contribution in [3.63, 3.8) is 0 Å². The lowest BCUT2D eigenvalue weighted by Gasteiger charge is -2.35. The molecule has 1 saturated heterocycles. The predicted octanol–water partition coefficient (Wildman–Crippen LogP) is 4.32. The summed E-state index contributed by atoms with van der Waals surface area (Å²) in [5.74, 6) is -0.706. The van der Waals surface area contributed by atoms with Crippen molar-refractivity contribution in [2.45, 2.75) is 44.7 Å². The monoisotopic (exact) mass is 359 g/mol. The molecule has 1 aromatic carbocycles. The zero-order chi connectivity index (χ0) is 14.8. The average Bonchev–Trinajstić information content (AvgIpc) is 2.79. The zero-order valence-electron chi connectivity index (χ0n) is 11.5. The van der Waals surface area contributed by atoms with Gasteiger partial charge in [-0.15, -0.1) is 0 Å². The molecule has 5 heteroatoms. The van der Waals surface area contributed by atoms with E-state index in [1.165, 1.54) is 0 Å². The molecule has 1 fully saturated rings. The quantitative estimate of drug-likeness (QED) is 0.850. The van der Waals surface area contributed by atoms with Gasteiger partial charge in [0.1, 0.15) is 5.54 Å². The van der Waals surface area contributed by atoms with Crippen molar-refractivity contribution >= 4 is 33.5 Å². The molecule has 1 unspecified atom stereocenters. The summed E-state index contributed by atoms with van der Waals surface area (Å²) in [5.41, 5.74) is 0.255. The molecule has 0 radical (unpaired) electrons. The highest BCUT2D eigenvalue weighted by Gasteiger charge is 2.46. The number of carbonyl (C=O) groups is 1. The number of carboxylic acids is 1. The summed E-state index contributed by atoms with van der Waals surface area (Å²) in [6, 6.07) is 5.71. The fourth-order valence-electron chi connectivity index (χ4n) is 3.08. The standard InChI is InChI=1S/C15H19BrClNO2/c1-2-6-15(14(19)20)7-3-8-18(15)10-11-9-12(16)4-5-13(11)17/h4-5,9H,2-3,6-8,10H2,1H3,(H,19,20). The molecule has 0 spiro atoms. The lowest BCUT2D eigenvalue weighted by molar-refractivity contribution is -0.150. The van der Waals surface area contributed by atoms with Crippen LogP contribution in [0.4, 0.5) is 0 Å². The third-order valence-corrected chi connectivity index (χ3v) is 4.92. The second kappa shape index (κ2) is 6.46. The first-order valence-corrected chi connectivity index (χ1v) is 8.09. The van der Waals surface area contributed by atoms with Gasteiger partial charge in [-0.3, -0.25) is 9.69 Å². The normalized spacial score (nSPS) is 23.1. The van der Waals surface area contributed by atoms with Gasteiger partial charge in [0.25, 0.3) is 0 Å². The van der Waals surface area contributed by atoms with Gasteiger partial charge in [-0.05, 0) is 49.6 Å². The van der Waals surface area contributed by atoms with E-state index in [4.69, 9.17) is 11.6 Å². The molecule has 3 nitrogen and oxygen atoms in total. The van der Waals surface area contributed by atoms with E-state index in [1.807, 2.05) is 25.1 Å². The van der Waals surface area contributed by atoms with E-state index in [9.17, 15) is 9.90 Å². The summed E-state index contributed by atoms with van der Waals surface area (Å²) in [6.07, 6.45) is 3.21. The SMILES string of the molecule is CCCC1(C(=O)O)CCCN1Cc1cc(Br)ccc1Cl. The smallest absolute Gasteiger partial charge is 0.324 e. The Morgan fingerprint density at radius 2 is 2.30 bits per heavy atom. The summed E-state index contributed by atoms with van der Waals surface area (Å²) in [6.45, 7) is 3.44. The molecular weight excluding hydrogens is 342 g/mol. The minimum absolute atomic E-state index is 0.588. The van der Waals surface area contributed by atoms with Gasteiger partial charge in [-0.2, -0.15) is 0 Å². The van der Waals surface area contributed by atoms with Crippen molar-refractivity contribution in [3.8, 4) is 0 Å². The van der Waals surface area contributed by atoms with Crippen LogP contribution in [0.1, 0.15) is 38.2 Å². The van der Waals surface area contributed by atoms with E-state index in [-0.39, 0.29) is 0 Å². The highest BCUT2D eigenvalue weighted by Crippen LogP contribution is 2.36. The van der Waals surface area contributed by atoms with Gasteiger partial charge >= 0.3 is 5.97 Å². The maximum absolute atomic E-state index is 11.8. The van der Waals surface area contributed by atoms with E-state index >= 15 is 0 Å². The van der Waals surface area contributed by atoms with Crippen LogP contribution in [0.5, 0.6) is 0 Å². The summed E-state index contributed by atoms with van der Waals surface area (Å²) < 4.78 is 0.965. The second-order valence-corrected chi connectivity index (χ2v) is 6.67. The van der Waals surface area contributed by atoms with Crippen LogP contribution in [0, 0.1) is 0 Å². The number of rotatable bonds is 5. The van der Waals surface area contributed by atoms with Gasteiger partial charge in [0.05, 0.1) is 0 Å². The van der Waals surface area contributed by atoms with Crippen LogP contribution in [0.15, 0.2) is 22.7 Å². The average molecular weight is 361 g/mol. The number of nitrogens with zero attached hydrogens (tertiary/aromatic N) is 1. The molecule has 20 heavy (non-hydrogen) atoms. The second-order valence-electron chi connectivity index (χ2n) is 5.35. The minimum Gasteiger partial charge on any atom is -0.480 e. The molecular formula is C15H19BrClNO2. The summed E-state index contributed by atoms with van der Waals surface area (Å²) in [7, 11) is 0. The van der Waals surface area contributed by atoms with Crippen LogP contribution in [0.25, 0.3) is 0 Å². The lowest BCUT2D eigenvalue weighted by atomic mass is 9.90. The Hall–Kier alpha value is -0.580. The Bertz CT molecular complexity index is 509. The van der Waals surface area contributed by atoms with E-state index < -0.39 is 11.5 Å². The van der Waals surface area contributed by atoms with Gasteiger partial charge in [-0.1, -0.05) is 40.9 Å². The lowest BCUT2D eigenvalue weighted by Crippen LogP contribution is -2.50. The Labute approximate surface area is 133 Å². The molecule has 0 bridgehead atoms. The third-order valence-electron chi connectivity index (χ3n) is 4.05. The molecule has 1 aliphatic rings. The van der Waals surface area contributed by atoms with Crippen molar-refractivity contribution in [3.05, 3.63) is 33.3 Å². The summed E-state index contributed by atoms with van der Waals surface area (Å²) in [5, 5.41) is 10.4. The number of hydrogen-bond donors (Lipinski definition) is 1. The minimum atomic E-state index is -0.722. The van der Waals surface area contributed by atoms with Gasteiger partial charge in [-0.25, -0.2) is 0 Å². The fraction of sp³-hybridized carbons (Fsp3) is 0.533. The highest BCUT2D eigenvalue weighted by atomic mass is 79.9. The Morgan fingerprint density at radius 1 is 1.55 bits per heavy atom. The zero-order valence-corrected chi connectivity index (χ0v) is 13.9. The largest absolute Gasteiger partial charge is 0.480 e. The fourth-order valence-corrected chi connectivity index (χ4v) is 3.67. The van der Waals surface area contributed by atoms with Crippen LogP contribution in [-0.4, -0.2) is 28.1 Å². The Balaban J connectivity index is 2.26. The van der Waals surface area contributed by atoms with E-state index in [2.05, 4.69) is 20.8 Å². The number of benzene rings is 1. The highest BCUT2D eigenvalue weighted by molar-refractivity contribution is 9.10. The number of likely N-dealkylation sites (tertiary alicyclic amines) is 1. The number of aliphatic carboxylic acids is 1. The van der Waals surface area contributed by atoms with E-state index in [0.717, 1.165) is 35.8 Å². The maximum Gasteiger partial charge on any atom is 0.324 e. The van der Waals surface area contributed by atoms with Crippen LogP contribution in [0.2, 0.25) is 5.02 Å². The topological polar surface area (TPSA) is 40.5 Å². The van der Waals surface area contributed by atoms with Crippen molar-refractivity contribution in [2.75, 3.05) is 6.54 Å². The van der Waals surface area contributed by atoms with Crippen LogP contribution >= 0.6 is 27.5 Å². The molecule has 1 aliphatic heterocycles. The molecule has 0 aromatic heterocycles. The molecule has 0 amide bonds. The van der Waals surface area contributed by atoms with E-state index in [0.29, 0.717) is 18.0 Å². The predicted molar refractivity (Wildman–Crippen MR) is 84.1 cm³/mol. The van der Waals surface area contributed by atoms with E-state index in [1.54, 1.807) is 0 Å². The summed E-state index contributed by atoms with van der Waals surface area (Å²) in [4.78, 5) is 13.9. The van der Waals surface area contributed by atoms with Gasteiger partial charge in [0.2, 0.25) is 0 Å².